The number of esters is 1. The molecule has 0 bridgehead atoms. The lowest BCUT2D eigenvalue weighted by Crippen LogP contribution is -2.16. The van der Waals surface area contributed by atoms with E-state index in [0.717, 1.165) is 0 Å². The second-order valence-corrected chi connectivity index (χ2v) is 2.89. The van der Waals surface area contributed by atoms with Gasteiger partial charge in [0.05, 0.1) is 20.4 Å². The molecule has 0 amide bonds. The summed E-state index contributed by atoms with van der Waals surface area (Å²) in [6.45, 7) is -0.0175. The van der Waals surface area contributed by atoms with E-state index < -0.39 is 5.97 Å². The van der Waals surface area contributed by atoms with E-state index in [0.29, 0.717) is 10.8 Å². The van der Waals surface area contributed by atoms with Gasteiger partial charge in [-0.25, -0.2) is 4.98 Å². The minimum atomic E-state index is -0.413. The molecule has 0 aliphatic heterocycles. The molecule has 6 nitrogen and oxygen atoms in total. The number of nitrogens with one attached hydrogen (secondary N) is 1. The number of rotatable bonds is 4. The quantitative estimate of drug-likeness (QED) is 0.770. The summed E-state index contributed by atoms with van der Waals surface area (Å²) in [4.78, 5) is 18.5. The molecule has 82 valence electrons. The fourth-order valence-electron chi connectivity index (χ4n) is 0.801. The second-order valence-electron chi connectivity index (χ2n) is 2.48. The Bertz CT molecular complexity index is 359. The maximum atomic E-state index is 10.8. The summed E-state index contributed by atoms with van der Waals surface area (Å²) < 4.78 is 9.26. The third-order valence-electron chi connectivity index (χ3n) is 1.53. The molecule has 0 unspecified atom stereocenters. The highest BCUT2D eigenvalue weighted by atomic mass is 35.5. The summed E-state index contributed by atoms with van der Waals surface area (Å²) >= 11 is 5.78. The van der Waals surface area contributed by atoms with Gasteiger partial charge in [0.15, 0.2) is 5.82 Å². The maximum Gasteiger partial charge on any atom is 0.325 e. The number of nitrogens with zero attached hydrogens (tertiary/aromatic N) is 2. The predicted molar refractivity (Wildman–Crippen MR) is 54.1 cm³/mol. The maximum absolute atomic E-state index is 10.8. The van der Waals surface area contributed by atoms with E-state index >= 15 is 0 Å². The molecular formula is C8H10ClN3O3. The summed E-state index contributed by atoms with van der Waals surface area (Å²) in [7, 11) is 2.74. The molecule has 0 saturated carbocycles. The molecule has 7 heteroatoms. The summed E-state index contributed by atoms with van der Waals surface area (Å²) in [6, 6.07) is 0.173. The Morgan fingerprint density at radius 2 is 2.33 bits per heavy atom. The Hall–Kier alpha value is -1.56. The van der Waals surface area contributed by atoms with Crippen molar-refractivity contribution < 1.29 is 14.3 Å². The first kappa shape index (κ1) is 11.5. The smallest absolute Gasteiger partial charge is 0.325 e. The molecule has 0 aliphatic rings. The molecule has 0 fully saturated rings. The fraction of sp³-hybridized carbons (Fsp3) is 0.375. The molecule has 1 heterocycles. The van der Waals surface area contributed by atoms with Gasteiger partial charge in [-0.3, -0.25) is 4.79 Å². The highest BCUT2D eigenvalue weighted by molar-refractivity contribution is 6.32. The van der Waals surface area contributed by atoms with E-state index in [4.69, 9.17) is 16.3 Å². The fourth-order valence-corrected chi connectivity index (χ4v) is 0.959. The number of carbonyl (C=O) groups excluding carboxylic acids is 1. The van der Waals surface area contributed by atoms with Crippen molar-refractivity contribution in [3.05, 3.63) is 11.2 Å². The molecule has 0 aromatic carbocycles. The predicted octanol–water partition coefficient (Wildman–Crippen LogP) is 0.723. The van der Waals surface area contributed by atoms with Gasteiger partial charge in [-0.05, 0) is 0 Å². The number of methoxy groups -OCH3 is 2. The van der Waals surface area contributed by atoms with Gasteiger partial charge in [0.2, 0.25) is 0 Å². The Balaban J connectivity index is 2.70. The van der Waals surface area contributed by atoms with Crippen molar-refractivity contribution in [2.75, 3.05) is 26.1 Å². The van der Waals surface area contributed by atoms with Crippen LogP contribution in [0.4, 0.5) is 5.82 Å². The first-order valence-corrected chi connectivity index (χ1v) is 4.42. The van der Waals surface area contributed by atoms with Gasteiger partial charge in [0, 0.05) is 0 Å². The SMILES string of the molecule is COC(=O)CNc1nc(OC)ncc1Cl. The monoisotopic (exact) mass is 231 g/mol. The van der Waals surface area contributed by atoms with Crippen molar-refractivity contribution in [1.82, 2.24) is 9.97 Å². The zero-order valence-electron chi connectivity index (χ0n) is 8.28. The zero-order valence-corrected chi connectivity index (χ0v) is 9.04. The van der Waals surface area contributed by atoms with Crippen LogP contribution in [-0.2, 0) is 9.53 Å². The summed E-state index contributed by atoms with van der Waals surface area (Å²) in [5.41, 5.74) is 0. The zero-order chi connectivity index (χ0) is 11.3. The normalized spacial score (nSPS) is 9.53. The number of carbonyl (C=O) groups is 1. The van der Waals surface area contributed by atoms with Crippen LogP contribution >= 0.6 is 11.6 Å². The highest BCUT2D eigenvalue weighted by Crippen LogP contribution is 2.19. The van der Waals surface area contributed by atoms with E-state index in [2.05, 4.69) is 20.0 Å². The molecule has 0 aliphatic carbocycles. The Morgan fingerprint density at radius 1 is 1.60 bits per heavy atom. The number of aromatic nitrogens is 2. The molecule has 1 aromatic rings. The Labute approximate surface area is 91.6 Å². The van der Waals surface area contributed by atoms with Crippen molar-refractivity contribution in [3.63, 3.8) is 0 Å². The molecule has 1 N–H and O–H groups in total. The van der Waals surface area contributed by atoms with Gasteiger partial charge >= 0.3 is 12.0 Å². The van der Waals surface area contributed by atoms with E-state index in [-0.39, 0.29) is 12.6 Å². The lowest BCUT2D eigenvalue weighted by atomic mass is 10.5. The third-order valence-corrected chi connectivity index (χ3v) is 1.81. The lowest BCUT2D eigenvalue weighted by molar-refractivity contribution is -0.138. The van der Waals surface area contributed by atoms with Crippen LogP contribution in [0, 0.1) is 0 Å². The van der Waals surface area contributed by atoms with Gasteiger partial charge in [-0.1, -0.05) is 11.6 Å². The Morgan fingerprint density at radius 3 is 2.93 bits per heavy atom. The Kier molecular flexibility index (Phi) is 4.11. The van der Waals surface area contributed by atoms with E-state index in [9.17, 15) is 4.79 Å². The average Bonchev–Trinajstić information content (AvgIpc) is 2.27. The molecule has 1 rings (SSSR count). The molecule has 0 radical (unpaired) electrons. The molecular weight excluding hydrogens is 222 g/mol. The molecule has 1 aromatic heterocycles. The van der Waals surface area contributed by atoms with Gasteiger partial charge in [0.25, 0.3) is 0 Å². The van der Waals surface area contributed by atoms with E-state index in [1.54, 1.807) is 0 Å². The van der Waals surface area contributed by atoms with Crippen molar-refractivity contribution in [2.24, 2.45) is 0 Å². The first-order valence-electron chi connectivity index (χ1n) is 4.04. The van der Waals surface area contributed by atoms with Crippen LogP contribution in [0.5, 0.6) is 6.01 Å². The number of anilines is 1. The number of hydrogen-bond donors (Lipinski definition) is 1. The van der Waals surface area contributed by atoms with Crippen molar-refractivity contribution >= 4 is 23.4 Å². The van der Waals surface area contributed by atoms with Gasteiger partial charge < -0.3 is 14.8 Å². The van der Waals surface area contributed by atoms with Gasteiger partial charge in [-0.15, -0.1) is 0 Å². The van der Waals surface area contributed by atoms with Gasteiger partial charge in [0.1, 0.15) is 11.6 Å². The topological polar surface area (TPSA) is 73.3 Å². The van der Waals surface area contributed by atoms with Gasteiger partial charge in [-0.2, -0.15) is 4.98 Å². The van der Waals surface area contributed by atoms with Crippen molar-refractivity contribution in [3.8, 4) is 6.01 Å². The summed E-state index contributed by atoms with van der Waals surface area (Å²) in [6.07, 6.45) is 1.38. The average molecular weight is 232 g/mol. The minimum absolute atomic E-state index is 0.0175. The minimum Gasteiger partial charge on any atom is -0.468 e. The third kappa shape index (κ3) is 3.25. The van der Waals surface area contributed by atoms with Crippen LogP contribution in [0.25, 0.3) is 0 Å². The first-order chi connectivity index (χ1) is 7.17. The summed E-state index contributed by atoms with van der Waals surface area (Å²) in [5, 5.41) is 3.01. The second kappa shape index (κ2) is 5.35. The number of halogens is 1. The van der Waals surface area contributed by atoms with Crippen LogP contribution in [0.15, 0.2) is 6.20 Å². The highest BCUT2D eigenvalue weighted by Gasteiger charge is 2.07. The van der Waals surface area contributed by atoms with Crippen molar-refractivity contribution in [1.29, 1.82) is 0 Å². The van der Waals surface area contributed by atoms with Crippen LogP contribution in [0.2, 0.25) is 5.02 Å². The summed E-state index contributed by atoms with van der Waals surface area (Å²) in [5.74, 6) is -0.0856. The van der Waals surface area contributed by atoms with Crippen LogP contribution < -0.4 is 10.1 Å². The van der Waals surface area contributed by atoms with Crippen LogP contribution in [0.1, 0.15) is 0 Å². The van der Waals surface area contributed by atoms with E-state index in [1.807, 2.05) is 0 Å². The molecule has 0 atom stereocenters. The van der Waals surface area contributed by atoms with E-state index in [1.165, 1.54) is 20.4 Å². The van der Waals surface area contributed by atoms with Crippen molar-refractivity contribution in [2.45, 2.75) is 0 Å². The molecule has 0 saturated heterocycles. The standard InChI is InChI=1S/C8H10ClN3O3/c1-14-6(13)4-10-7-5(9)3-11-8(12-7)15-2/h3H,4H2,1-2H3,(H,10,11,12). The molecule has 0 spiro atoms. The largest absolute Gasteiger partial charge is 0.468 e. The lowest BCUT2D eigenvalue weighted by Gasteiger charge is -2.06. The van der Waals surface area contributed by atoms with Crippen LogP contribution in [-0.4, -0.2) is 36.7 Å². The number of hydrogen-bond acceptors (Lipinski definition) is 6. The van der Waals surface area contributed by atoms with Crippen LogP contribution in [0.3, 0.4) is 0 Å². The molecule has 15 heavy (non-hydrogen) atoms. The number of ether oxygens (including phenoxy) is 2.